The lowest BCUT2D eigenvalue weighted by molar-refractivity contribution is 0.0922. The average Bonchev–Trinajstić information content (AvgIpc) is 3.05. The smallest absolute Gasteiger partial charge is 0.322 e. The standard InChI is InChI=1S/C18H26N4O3/c1-18(5-7-19-8-6-18)12-21-16(23)13-3-4-15(25-2)14(11-13)22-10-9-20-17(22)24/h3-4,11,19H,5-10,12H2,1-2H3,(H,20,24)(H,21,23). The van der Waals surface area contributed by atoms with Crippen molar-refractivity contribution in [3.8, 4) is 5.75 Å². The minimum atomic E-state index is -0.168. The van der Waals surface area contributed by atoms with Gasteiger partial charge in [0.25, 0.3) is 5.91 Å². The van der Waals surface area contributed by atoms with Gasteiger partial charge in [0, 0.05) is 25.2 Å². The number of hydrogen-bond acceptors (Lipinski definition) is 4. The van der Waals surface area contributed by atoms with E-state index < -0.39 is 0 Å². The highest BCUT2D eigenvalue weighted by atomic mass is 16.5. The van der Waals surface area contributed by atoms with Gasteiger partial charge in [0.2, 0.25) is 0 Å². The number of benzene rings is 1. The topological polar surface area (TPSA) is 82.7 Å². The third kappa shape index (κ3) is 3.87. The molecule has 2 fully saturated rings. The first kappa shape index (κ1) is 17.5. The van der Waals surface area contributed by atoms with Gasteiger partial charge in [0.15, 0.2) is 0 Å². The summed E-state index contributed by atoms with van der Waals surface area (Å²) in [7, 11) is 1.56. The number of carbonyl (C=O) groups excluding carboxylic acids is 2. The van der Waals surface area contributed by atoms with E-state index in [0.29, 0.717) is 36.6 Å². The van der Waals surface area contributed by atoms with Crippen LogP contribution in [0.4, 0.5) is 10.5 Å². The number of ether oxygens (including phenoxy) is 1. The van der Waals surface area contributed by atoms with Crippen molar-refractivity contribution < 1.29 is 14.3 Å². The van der Waals surface area contributed by atoms with E-state index in [1.807, 2.05) is 0 Å². The second-order valence-corrected chi connectivity index (χ2v) is 7.01. The summed E-state index contributed by atoms with van der Waals surface area (Å²) in [6.07, 6.45) is 2.10. The lowest BCUT2D eigenvalue weighted by atomic mass is 9.81. The normalized spacial score (nSPS) is 19.4. The van der Waals surface area contributed by atoms with E-state index in [-0.39, 0.29) is 17.4 Å². The van der Waals surface area contributed by atoms with Crippen molar-refractivity contribution in [2.45, 2.75) is 19.8 Å². The van der Waals surface area contributed by atoms with Crippen LogP contribution in [0.2, 0.25) is 0 Å². The molecule has 3 amide bonds. The Morgan fingerprint density at radius 3 is 2.72 bits per heavy atom. The highest BCUT2D eigenvalue weighted by molar-refractivity contribution is 5.99. The molecular formula is C18H26N4O3. The van der Waals surface area contributed by atoms with E-state index in [1.54, 1.807) is 30.2 Å². The Bertz CT molecular complexity index is 656. The van der Waals surface area contributed by atoms with E-state index in [2.05, 4.69) is 22.9 Å². The van der Waals surface area contributed by atoms with Crippen molar-refractivity contribution >= 4 is 17.6 Å². The minimum absolute atomic E-state index is 0.122. The van der Waals surface area contributed by atoms with Crippen LogP contribution < -0.4 is 25.6 Å². The largest absolute Gasteiger partial charge is 0.495 e. The maximum absolute atomic E-state index is 12.6. The first-order valence-electron chi connectivity index (χ1n) is 8.75. The van der Waals surface area contributed by atoms with Crippen molar-refractivity contribution in [1.29, 1.82) is 0 Å². The Morgan fingerprint density at radius 1 is 1.32 bits per heavy atom. The number of nitrogens with one attached hydrogen (secondary N) is 3. The van der Waals surface area contributed by atoms with Crippen LogP contribution in [0.15, 0.2) is 18.2 Å². The van der Waals surface area contributed by atoms with Crippen molar-refractivity contribution in [2.75, 3.05) is 44.7 Å². The molecular weight excluding hydrogens is 320 g/mol. The molecule has 0 radical (unpaired) electrons. The van der Waals surface area contributed by atoms with Gasteiger partial charge in [-0.25, -0.2) is 4.79 Å². The zero-order chi connectivity index (χ0) is 17.9. The van der Waals surface area contributed by atoms with Crippen molar-refractivity contribution in [2.24, 2.45) is 5.41 Å². The molecule has 7 heteroatoms. The van der Waals surface area contributed by atoms with E-state index in [0.717, 1.165) is 25.9 Å². The van der Waals surface area contributed by atoms with Crippen LogP contribution in [-0.4, -0.2) is 51.8 Å². The predicted octanol–water partition coefficient (Wildman–Crippen LogP) is 1.34. The van der Waals surface area contributed by atoms with Gasteiger partial charge in [-0.2, -0.15) is 0 Å². The van der Waals surface area contributed by atoms with Gasteiger partial charge in [-0.05, 0) is 49.5 Å². The van der Waals surface area contributed by atoms with Crippen LogP contribution >= 0.6 is 0 Å². The molecule has 2 aliphatic heterocycles. The van der Waals surface area contributed by atoms with E-state index in [4.69, 9.17) is 4.74 Å². The molecule has 0 atom stereocenters. The molecule has 0 aromatic heterocycles. The van der Waals surface area contributed by atoms with E-state index >= 15 is 0 Å². The maximum Gasteiger partial charge on any atom is 0.322 e. The first-order chi connectivity index (χ1) is 12.0. The number of piperidine rings is 1. The molecule has 1 aromatic rings. The zero-order valence-corrected chi connectivity index (χ0v) is 14.9. The van der Waals surface area contributed by atoms with Gasteiger partial charge in [-0.3, -0.25) is 9.69 Å². The van der Waals surface area contributed by atoms with Gasteiger partial charge >= 0.3 is 6.03 Å². The molecule has 2 saturated heterocycles. The van der Waals surface area contributed by atoms with Crippen molar-refractivity contribution in [3.63, 3.8) is 0 Å². The fourth-order valence-electron chi connectivity index (χ4n) is 3.35. The molecule has 2 aliphatic rings. The van der Waals surface area contributed by atoms with Crippen LogP contribution in [0.3, 0.4) is 0 Å². The summed E-state index contributed by atoms with van der Waals surface area (Å²) in [5, 5.41) is 9.16. The minimum Gasteiger partial charge on any atom is -0.495 e. The Kier molecular flexibility index (Phi) is 5.13. The molecule has 3 N–H and O–H groups in total. The van der Waals surface area contributed by atoms with E-state index in [1.165, 1.54) is 0 Å². The molecule has 0 unspecified atom stereocenters. The summed E-state index contributed by atoms with van der Waals surface area (Å²) in [6, 6.07) is 5.03. The third-order valence-corrected chi connectivity index (χ3v) is 5.08. The Hall–Kier alpha value is -2.28. The number of amides is 3. The monoisotopic (exact) mass is 346 g/mol. The molecule has 0 spiro atoms. The van der Waals surface area contributed by atoms with Crippen LogP contribution in [0.1, 0.15) is 30.1 Å². The maximum atomic E-state index is 12.6. The summed E-state index contributed by atoms with van der Waals surface area (Å²) < 4.78 is 5.35. The summed E-state index contributed by atoms with van der Waals surface area (Å²) >= 11 is 0. The number of carbonyl (C=O) groups is 2. The van der Waals surface area contributed by atoms with Crippen LogP contribution in [0.5, 0.6) is 5.75 Å². The summed E-state index contributed by atoms with van der Waals surface area (Å²) in [6.45, 7) is 5.99. The quantitative estimate of drug-likeness (QED) is 0.751. The fraction of sp³-hybridized carbons (Fsp3) is 0.556. The summed E-state index contributed by atoms with van der Waals surface area (Å²) in [5.41, 5.74) is 1.29. The van der Waals surface area contributed by atoms with Crippen LogP contribution in [-0.2, 0) is 0 Å². The van der Waals surface area contributed by atoms with Crippen molar-refractivity contribution in [3.05, 3.63) is 23.8 Å². The molecule has 2 heterocycles. The number of rotatable bonds is 5. The van der Waals surface area contributed by atoms with Gasteiger partial charge in [-0.15, -0.1) is 0 Å². The zero-order valence-electron chi connectivity index (χ0n) is 14.9. The summed E-state index contributed by atoms with van der Waals surface area (Å²) in [5.74, 6) is 0.460. The van der Waals surface area contributed by atoms with Gasteiger partial charge in [0.1, 0.15) is 5.75 Å². The number of anilines is 1. The third-order valence-electron chi connectivity index (χ3n) is 5.08. The van der Waals surface area contributed by atoms with Crippen LogP contribution in [0.25, 0.3) is 0 Å². The second-order valence-electron chi connectivity index (χ2n) is 7.01. The first-order valence-corrected chi connectivity index (χ1v) is 8.75. The van der Waals surface area contributed by atoms with Crippen molar-refractivity contribution in [1.82, 2.24) is 16.0 Å². The predicted molar refractivity (Wildman–Crippen MR) is 96.3 cm³/mol. The molecule has 136 valence electrons. The number of hydrogen-bond donors (Lipinski definition) is 3. The molecule has 7 nitrogen and oxygen atoms in total. The molecule has 0 saturated carbocycles. The molecule has 1 aromatic carbocycles. The highest BCUT2D eigenvalue weighted by Gasteiger charge is 2.28. The molecule has 0 bridgehead atoms. The fourth-order valence-corrected chi connectivity index (χ4v) is 3.35. The average molecular weight is 346 g/mol. The van der Waals surface area contributed by atoms with E-state index in [9.17, 15) is 9.59 Å². The van der Waals surface area contributed by atoms with Gasteiger partial charge in [0.05, 0.1) is 12.8 Å². The lowest BCUT2D eigenvalue weighted by Crippen LogP contribution is -2.42. The number of methoxy groups -OCH3 is 1. The second kappa shape index (κ2) is 7.31. The highest BCUT2D eigenvalue weighted by Crippen LogP contribution is 2.31. The Labute approximate surface area is 148 Å². The molecule has 25 heavy (non-hydrogen) atoms. The Balaban J connectivity index is 1.73. The molecule has 0 aliphatic carbocycles. The number of urea groups is 1. The van der Waals surface area contributed by atoms with Gasteiger partial charge < -0.3 is 20.7 Å². The lowest BCUT2D eigenvalue weighted by Gasteiger charge is -2.34. The summed E-state index contributed by atoms with van der Waals surface area (Å²) in [4.78, 5) is 26.1. The molecule has 3 rings (SSSR count). The Morgan fingerprint density at radius 2 is 2.08 bits per heavy atom. The van der Waals surface area contributed by atoms with Crippen LogP contribution in [0, 0.1) is 5.41 Å². The SMILES string of the molecule is COc1ccc(C(=O)NCC2(C)CCNCC2)cc1N1CCNC1=O. The van der Waals surface area contributed by atoms with Gasteiger partial charge in [-0.1, -0.05) is 6.92 Å². The number of nitrogens with zero attached hydrogens (tertiary/aromatic N) is 1.